The van der Waals surface area contributed by atoms with Gasteiger partial charge in [-0.15, -0.1) is 5.75 Å². The van der Waals surface area contributed by atoms with Gasteiger partial charge in [0, 0.05) is 13.1 Å². The highest BCUT2D eigenvalue weighted by Gasteiger charge is 2.00. The van der Waals surface area contributed by atoms with Crippen LogP contribution in [-0.2, 0) is 0 Å². The second-order valence-corrected chi connectivity index (χ2v) is 3.60. The molecular formula is C13H12NO3-. The van der Waals surface area contributed by atoms with Crippen LogP contribution in [0.2, 0.25) is 0 Å². The fourth-order valence-corrected chi connectivity index (χ4v) is 1.42. The molecule has 0 heterocycles. The van der Waals surface area contributed by atoms with Crippen molar-refractivity contribution in [1.29, 1.82) is 0 Å². The average Bonchev–Trinajstić information content (AvgIpc) is 2.29. The van der Waals surface area contributed by atoms with E-state index in [0.717, 1.165) is 5.06 Å². The van der Waals surface area contributed by atoms with Crippen LogP contribution in [0, 0.1) is 0 Å². The SMILES string of the molecule is CN(O)c1cccc(Oc2cccc([O-])c2)c1. The van der Waals surface area contributed by atoms with E-state index < -0.39 is 0 Å². The van der Waals surface area contributed by atoms with Gasteiger partial charge in [0.05, 0.1) is 5.69 Å². The molecule has 2 aromatic rings. The average molecular weight is 230 g/mol. The topological polar surface area (TPSA) is 55.8 Å². The van der Waals surface area contributed by atoms with Crippen molar-refractivity contribution < 1.29 is 15.1 Å². The summed E-state index contributed by atoms with van der Waals surface area (Å²) < 4.78 is 5.51. The molecule has 1 N–H and O–H groups in total. The van der Waals surface area contributed by atoms with Crippen molar-refractivity contribution in [2.45, 2.75) is 0 Å². The van der Waals surface area contributed by atoms with Gasteiger partial charge in [0.1, 0.15) is 11.5 Å². The van der Waals surface area contributed by atoms with E-state index in [0.29, 0.717) is 17.2 Å². The predicted octanol–water partition coefficient (Wildman–Crippen LogP) is 2.38. The summed E-state index contributed by atoms with van der Waals surface area (Å²) in [5, 5.41) is 21.4. The lowest BCUT2D eigenvalue weighted by Gasteiger charge is -2.13. The maximum Gasteiger partial charge on any atom is 0.129 e. The lowest BCUT2D eigenvalue weighted by molar-refractivity contribution is -0.268. The molecule has 4 heteroatoms. The predicted molar refractivity (Wildman–Crippen MR) is 62.6 cm³/mol. The van der Waals surface area contributed by atoms with Gasteiger partial charge in [0.25, 0.3) is 0 Å². The molecule has 0 aliphatic rings. The maximum absolute atomic E-state index is 11.1. The van der Waals surface area contributed by atoms with Crippen molar-refractivity contribution in [2.75, 3.05) is 12.1 Å². The zero-order valence-electron chi connectivity index (χ0n) is 9.33. The molecule has 0 unspecified atom stereocenters. The van der Waals surface area contributed by atoms with E-state index in [1.807, 2.05) is 0 Å². The number of ether oxygens (including phenoxy) is 1. The van der Waals surface area contributed by atoms with Gasteiger partial charge in [-0.1, -0.05) is 18.2 Å². The highest BCUT2D eigenvalue weighted by molar-refractivity contribution is 5.49. The number of hydroxylamine groups is 1. The van der Waals surface area contributed by atoms with Crippen LogP contribution in [-0.4, -0.2) is 12.3 Å². The molecule has 0 aliphatic heterocycles. The summed E-state index contributed by atoms with van der Waals surface area (Å²) >= 11 is 0. The smallest absolute Gasteiger partial charge is 0.129 e. The monoisotopic (exact) mass is 230 g/mol. The summed E-state index contributed by atoms with van der Waals surface area (Å²) in [6, 6.07) is 13.2. The minimum Gasteiger partial charge on any atom is -0.872 e. The van der Waals surface area contributed by atoms with Gasteiger partial charge < -0.3 is 9.84 Å². The van der Waals surface area contributed by atoms with Crippen molar-refractivity contribution in [3.8, 4) is 17.2 Å². The van der Waals surface area contributed by atoms with E-state index in [2.05, 4.69) is 0 Å². The van der Waals surface area contributed by atoms with E-state index in [1.165, 1.54) is 19.2 Å². The Labute approximate surface area is 99.3 Å². The van der Waals surface area contributed by atoms with E-state index in [-0.39, 0.29) is 5.75 Å². The number of hydrogen-bond donors (Lipinski definition) is 1. The summed E-state index contributed by atoms with van der Waals surface area (Å²) in [6.07, 6.45) is 0. The summed E-state index contributed by atoms with van der Waals surface area (Å²) in [5.41, 5.74) is 0.612. The van der Waals surface area contributed by atoms with E-state index in [9.17, 15) is 10.3 Å². The van der Waals surface area contributed by atoms with Crippen molar-refractivity contribution in [3.05, 3.63) is 48.5 Å². The van der Waals surface area contributed by atoms with Gasteiger partial charge in [0.15, 0.2) is 0 Å². The second-order valence-electron chi connectivity index (χ2n) is 3.60. The summed E-state index contributed by atoms with van der Waals surface area (Å²) in [5.74, 6) is 0.946. The van der Waals surface area contributed by atoms with Gasteiger partial charge in [0.2, 0.25) is 0 Å². The third-order valence-electron chi connectivity index (χ3n) is 2.23. The molecule has 0 bridgehead atoms. The first-order chi connectivity index (χ1) is 8.15. The molecule has 17 heavy (non-hydrogen) atoms. The third-order valence-corrected chi connectivity index (χ3v) is 2.23. The molecule has 0 aromatic heterocycles. The van der Waals surface area contributed by atoms with Gasteiger partial charge >= 0.3 is 0 Å². The van der Waals surface area contributed by atoms with Crippen LogP contribution in [0.1, 0.15) is 0 Å². The summed E-state index contributed by atoms with van der Waals surface area (Å²) in [7, 11) is 1.53. The van der Waals surface area contributed by atoms with Crippen LogP contribution < -0.4 is 14.9 Å². The first kappa shape index (κ1) is 11.3. The standard InChI is InChI=1S/C13H13NO3/c1-14(16)10-4-2-6-12(8-10)17-13-7-3-5-11(15)9-13/h2-9,15-16H,1H3/p-1. The first-order valence-corrected chi connectivity index (χ1v) is 5.13. The third kappa shape index (κ3) is 2.89. The van der Waals surface area contributed by atoms with Gasteiger partial charge in [-0.2, -0.15) is 0 Å². The number of hydrogen-bond acceptors (Lipinski definition) is 4. The zero-order chi connectivity index (χ0) is 12.3. The Morgan fingerprint density at radius 1 is 1.06 bits per heavy atom. The number of nitrogens with zero attached hydrogens (tertiary/aromatic N) is 1. The van der Waals surface area contributed by atoms with E-state index >= 15 is 0 Å². The van der Waals surface area contributed by atoms with E-state index in [1.54, 1.807) is 36.4 Å². The fraction of sp³-hybridized carbons (Fsp3) is 0.0769. The Hall–Kier alpha value is -2.20. The van der Waals surface area contributed by atoms with Crippen LogP contribution in [0.3, 0.4) is 0 Å². The molecule has 88 valence electrons. The molecule has 4 nitrogen and oxygen atoms in total. The van der Waals surface area contributed by atoms with Crippen LogP contribution in [0.25, 0.3) is 0 Å². The Bertz CT molecular complexity index is 512. The Kier molecular flexibility index (Phi) is 3.16. The van der Waals surface area contributed by atoms with Crippen LogP contribution >= 0.6 is 0 Å². The van der Waals surface area contributed by atoms with Crippen molar-refractivity contribution >= 4 is 5.69 Å². The molecule has 0 aliphatic carbocycles. The van der Waals surface area contributed by atoms with E-state index in [4.69, 9.17) is 4.74 Å². The molecule has 0 radical (unpaired) electrons. The quantitative estimate of drug-likeness (QED) is 0.822. The Balaban J connectivity index is 2.21. The Morgan fingerprint density at radius 2 is 1.71 bits per heavy atom. The molecule has 0 fully saturated rings. The first-order valence-electron chi connectivity index (χ1n) is 5.13. The summed E-state index contributed by atoms with van der Waals surface area (Å²) in [6.45, 7) is 0. The molecule has 0 saturated heterocycles. The van der Waals surface area contributed by atoms with Gasteiger partial charge in [-0.3, -0.25) is 10.3 Å². The molecular weight excluding hydrogens is 218 g/mol. The van der Waals surface area contributed by atoms with Gasteiger partial charge in [-0.05, 0) is 24.3 Å². The summed E-state index contributed by atoms with van der Waals surface area (Å²) in [4.78, 5) is 0. The minimum absolute atomic E-state index is 0.0991. The highest BCUT2D eigenvalue weighted by Crippen LogP contribution is 2.26. The van der Waals surface area contributed by atoms with Gasteiger partial charge in [-0.25, -0.2) is 0 Å². The zero-order valence-corrected chi connectivity index (χ0v) is 9.33. The lowest BCUT2D eigenvalue weighted by atomic mass is 10.3. The molecule has 0 saturated carbocycles. The maximum atomic E-state index is 11.1. The molecule has 2 aromatic carbocycles. The van der Waals surface area contributed by atoms with Crippen molar-refractivity contribution in [2.24, 2.45) is 0 Å². The van der Waals surface area contributed by atoms with Crippen LogP contribution in [0.4, 0.5) is 5.69 Å². The second kappa shape index (κ2) is 4.76. The molecule has 0 atom stereocenters. The lowest BCUT2D eigenvalue weighted by Crippen LogP contribution is -2.09. The minimum atomic E-state index is -0.0991. The largest absolute Gasteiger partial charge is 0.872 e. The normalized spacial score (nSPS) is 10.0. The molecule has 0 amide bonds. The van der Waals surface area contributed by atoms with Crippen LogP contribution in [0.15, 0.2) is 48.5 Å². The number of rotatable bonds is 3. The number of anilines is 1. The highest BCUT2D eigenvalue weighted by atomic mass is 16.5. The number of benzene rings is 2. The van der Waals surface area contributed by atoms with Crippen LogP contribution in [0.5, 0.6) is 17.2 Å². The van der Waals surface area contributed by atoms with Crippen molar-refractivity contribution in [1.82, 2.24) is 0 Å². The van der Waals surface area contributed by atoms with Crippen molar-refractivity contribution in [3.63, 3.8) is 0 Å². The molecule has 2 rings (SSSR count). The fourth-order valence-electron chi connectivity index (χ4n) is 1.42. The molecule has 0 spiro atoms. The Morgan fingerprint density at radius 3 is 2.35 bits per heavy atom.